The number of aryl methyl sites for hydroxylation is 1. The van der Waals surface area contributed by atoms with Crippen LogP contribution in [0.15, 0.2) is 78.4 Å². The Labute approximate surface area is 202 Å². The molecule has 1 fully saturated rings. The van der Waals surface area contributed by atoms with Gasteiger partial charge in [-0.15, -0.1) is 0 Å². The van der Waals surface area contributed by atoms with E-state index in [0.717, 1.165) is 12.0 Å². The maximum atomic E-state index is 13.2. The van der Waals surface area contributed by atoms with E-state index in [-0.39, 0.29) is 23.6 Å². The number of hydrogen-bond donors (Lipinski definition) is 2. The van der Waals surface area contributed by atoms with Gasteiger partial charge in [0.25, 0.3) is 11.7 Å². The fourth-order valence-electron chi connectivity index (χ4n) is 4.16. The highest BCUT2D eigenvalue weighted by molar-refractivity contribution is 6.46. The van der Waals surface area contributed by atoms with Gasteiger partial charge < -0.3 is 19.8 Å². The third kappa shape index (κ3) is 4.66. The second-order valence-electron chi connectivity index (χ2n) is 8.26. The highest BCUT2D eigenvalue weighted by atomic mass is 16.5. The fraction of sp³-hybridized carbons (Fsp3) is 0.179. The van der Waals surface area contributed by atoms with Crippen LogP contribution in [0.25, 0.3) is 5.76 Å². The molecule has 1 atom stereocenters. The quantitative estimate of drug-likeness (QED) is 0.240. The minimum Gasteiger partial charge on any atom is -0.508 e. The van der Waals surface area contributed by atoms with E-state index in [2.05, 4.69) is 0 Å². The number of ketones is 1. The maximum Gasteiger partial charge on any atom is 0.337 e. The van der Waals surface area contributed by atoms with Crippen LogP contribution in [0.2, 0.25) is 0 Å². The van der Waals surface area contributed by atoms with Crippen molar-refractivity contribution in [3.05, 3.63) is 106 Å². The Bertz CT molecular complexity index is 1290. The number of likely N-dealkylation sites (tertiary alicyclic amines) is 1. The van der Waals surface area contributed by atoms with Crippen molar-refractivity contribution in [2.75, 3.05) is 7.11 Å². The normalized spacial score (nSPS) is 17.0. The Hall–Kier alpha value is -4.39. The van der Waals surface area contributed by atoms with Crippen LogP contribution in [0.1, 0.15) is 45.6 Å². The molecule has 0 saturated carbocycles. The Morgan fingerprint density at radius 3 is 2.03 bits per heavy atom. The highest BCUT2D eigenvalue weighted by Gasteiger charge is 2.46. The lowest BCUT2D eigenvalue weighted by atomic mass is 9.94. The summed E-state index contributed by atoms with van der Waals surface area (Å²) in [6.07, 6.45) is 0.827. The number of ether oxygens (including phenoxy) is 1. The molecule has 1 aliphatic rings. The summed E-state index contributed by atoms with van der Waals surface area (Å²) in [5.74, 6) is -2.22. The van der Waals surface area contributed by atoms with Gasteiger partial charge in [-0.25, -0.2) is 4.79 Å². The summed E-state index contributed by atoms with van der Waals surface area (Å²) < 4.78 is 4.72. The first-order valence-electron chi connectivity index (χ1n) is 11.2. The summed E-state index contributed by atoms with van der Waals surface area (Å²) in [4.78, 5) is 39.4. The van der Waals surface area contributed by atoms with Gasteiger partial charge >= 0.3 is 5.97 Å². The predicted molar refractivity (Wildman–Crippen MR) is 130 cm³/mol. The molecule has 0 bridgehead atoms. The molecule has 0 aromatic heterocycles. The lowest BCUT2D eigenvalue weighted by Gasteiger charge is -2.25. The van der Waals surface area contributed by atoms with Crippen LogP contribution in [-0.4, -0.2) is 39.9 Å². The number of nitrogens with zero attached hydrogens (tertiary/aromatic N) is 1. The zero-order valence-corrected chi connectivity index (χ0v) is 19.4. The number of aromatic hydroxyl groups is 1. The lowest BCUT2D eigenvalue weighted by Crippen LogP contribution is -2.29. The average molecular weight is 472 g/mol. The molecular weight excluding hydrogens is 446 g/mol. The number of benzene rings is 3. The van der Waals surface area contributed by atoms with Crippen molar-refractivity contribution in [3.63, 3.8) is 0 Å². The Morgan fingerprint density at radius 1 is 0.886 bits per heavy atom. The van der Waals surface area contributed by atoms with E-state index in [9.17, 15) is 24.6 Å². The number of methoxy groups -OCH3 is 1. The van der Waals surface area contributed by atoms with Gasteiger partial charge in [-0.2, -0.15) is 0 Å². The summed E-state index contributed by atoms with van der Waals surface area (Å²) in [5, 5.41) is 20.9. The second kappa shape index (κ2) is 9.85. The van der Waals surface area contributed by atoms with Crippen molar-refractivity contribution in [2.24, 2.45) is 0 Å². The van der Waals surface area contributed by atoms with E-state index in [0.29, 0.717) is 22.3 Å². The third-order valence-electron chi connectivity index (χ3n) is 6.11. The van der Waals surface area contributed by atoms with Crippen LogP contribution < -0.4 is 0 Å². The number of aliphatic hydroxyl groups excluding tert-OH is 1. The summed E-state index contributed by atoms with van der Waals surface area (Å²) in [6, 6.07) is 19.0. The van der Waals surface area contributed by atoms with Gasteiger partial charge in [-0.3, -0.25) is 9.59 Å². The number of phenolic OH excluding ortho intramolecular Hbond substituents is 1. The molecule has 7 heteroatoms. The first-order chi connectivity index (χ1) is 16.8. The average Bonchev–Trinajstić information content (AvgIpc) is 3.13. The molecule has 1 unspecified atom stereocenters. The molecule has 1 aliphatic heterocycles. The standard InChI is InChI=1S/C28H25NO6/c1-3-17-4-8-20(9-5-17)25(31)23-24(19-12-14-22(30)15-13-19)29(27(33)26(23)32)16-18-6-10-21(11-7-18)28(34)35-2/h4-15,24,30-31H,3,16H2,1-2H3/b25-23+. The van der Waals surface area contributed by atoms with E-state index in [1.54, 1.807) is 48.5 Å². The molecule has 3 aromatic rings. The molecule has 1 amide bonds. The summed E-state index contributed by atoms with van der Waals surface area (Å²) in [6.45, 7) is 2.09. The summed E-state index contributed by atoms with van der Waals surface area (Å²) in [7, 11) is 1.29. The van der Waals surface area contributed by atoms with Crippen molar-refractivity contribution < 1.29 is 29.3 Å². The molecule has 7 nitrogen and oxygen atoms in total. The van der Waals surface area contributed by atoms with Crippen LogP contribution in [0, 0.1) is 0 Å². The minimum absolute atomic E-state index is 0.0175. The van der Waals surface area contributed by atoms with Gasteiger partial charge in [0.2, 0.25) is 0 Å². The molecule has 1 saturated heterocycles. The van der Waals surface area contributed by atoms with Crippen molar-refractivity contribution >= 4 is 23.4 Å². The van der Waals surface area contributed by atoms with Crippen LogP contribution in [-0.2, 0) is 27.3 Å². The van der Waals surface area contributed by atoms with E-state index < -0.39 is 23.7 Å². The minimum atomic E-state index is -0.860. The largest absolute Gasteiger partial charge is 0.508 e. The Morgan fingerprint density at radius 2 is 1.46 bits per heavy atom. The molecule has 35 heavy (non-hydrogen) atoms. The van der Waals surface area contributed by atoms with Crippen molar-refractivity contribution in [3.8, 4) is 5.75 Å². The smallest absolute Gasteiger partial charge is 0.337 e. The second-order valence-corrected chi connectivity index (χ2v) is 8.26. The Balaban J connectivity index is 1.78. The number of carbonyl (C=O) groups is 3. The zero-order chi connectivity index (χ0) is 25.1. The van der Waals surface area contributed by atoms with Crippen LogP contribution in [0.4, 0.5) is 0 Å². The molecule has 2 N–H and O–H groups in total. The van der Waals surface area contributed by atoms with Gasteiger partial charge in [0.1, 0.15) is 11.5 Å². The van der Waals surface area contributed by atoms with Crippen LogP contribution in [0.3, 0.4) is 0 Å². The number of phenols is 1. The van der Waals surface area contributed by atoms with Crippen LogP contribution in [0.5, 0.6) is 5.75 Å². The molecule has 4 rings (SSSR count). The number of carbonyl (C=O) groups excluding carboxylic acids is 3. The van der Waals surface area contributed by atoms with E-state index >= 15 is 0 Å². The topological polar surface area (TPSA) is 104 Å². The lowest BCUT2D eigenvalue weighted by molar-refractivity contribution is -0.140. The van der Waals surface area contributed by atoms with Crippen LogP contribution >= 0.6 is 0 Å². The number of amides is 1. The van der Waals surface area contributed by atoms with Crippen molar-refractivity contribution in [2.45, 2.75) is 25.9 Å². The molecule has 178 valence electrons. The fourth-order valence-corrected chi connectivity index (χ4v) is 4.16. The maximum absolute atomic E-state index is 13.2. The highest BCUT2D eigenvalue weighted by Crippen LogP contribution is 2.40. The van der Waals surface area contributed by atoms with Crippen molar-refractivity contribution in [1.29, 1.82) is 0 Å². The molecule has 1 heterocycles. The first kappa shape index (κ1) is 23.8. The van der Waals surface area contributed by atoms with Crippen molar-refractivity contribution in [1.82, 2.24) is 4.90 Å². The number of aliphatic hydroxyl groups is 1. The van der Waals surface area contributed by atoms with E-state index in [1.807, 2.05) is 19.1 Å². The van der Waals surface area contributed by atoms with Gasteiger partial charge in [0.15, 0.2) is 0 Å². The first-order valence-corrected chi connectivity index (χ1v) is 11.2. The van der Waals surface area contributed by atoms with Gasteiger partial charge in [0, 0.05) is 12.1 Å². The number of Topliss-reactive ketones (excluding diaryl/α,β-unsaturated/α-hetero) is 1. The predicted octanol–water partition coefficient (Wildman–Crippen LogP) is 4.36. The Kier molecular flexibility index (Phi) is 6.68. The summed E-state index contributed by atoms with van der Waals surface area (Å²) in [5.41, 5.74) is 3.12. The van der Waals surface area contributed by atoms with E-state index in [1.165, 1.54) is 24.1 Å². The molecular formula is C28H25NO6. The third-order valence-corrected chi connectivity index (χ3v) is 6.11. The number of rotatable bonds is 6. The molecule has 0 aliphatic carbocycles. The zero-order valence-electron chi connectivity index (χ0n) is 19.4. The van der Waals surface area contributed by atoms with Gasteiger partial charge in [0.05, 0.1) is 24.3 Å². The van der Waals surface area contributed by atoms with E-state index in [4.69, 9.17) is 4.74 Å². The molecule has 0 spiro atoms. The summed E-state index contributed by atoms with van der Waals surface area (Å²) >= 11 is 0. The molecule has 3 aromatic carbocycles. The SMILES string of the molecule is CCc1ccc(/C(O)=C2\C(=O)C(=O)N(Cc3ccc(C(=O)OC)cc3)C2c2ccc(O)cc2)cc1. The van der Waals surface area contributed by atoms with Gasteiger partial charge in [-0.05, 0) is 47.4 Å². The van der Waals surface area contributed by atoms with Gasteiger partial charge in [-0.1, -0.05) is 55.5 Å². The number of esters is 1. The molecule has 0 radical (unpaired) electrons. The monoisotopic (exact) mass is 471 g/mol. The number of hydrogen-bond acceptors (Lipinski definition) is 6.